The Morgan fingerprint density at radius 1 is 1.62 bits per heavy atom. The number of hydrogen-bond donors (Lipinski definition) is 3. The molecule has 5 N–H and O–H groups in total. The molecule has 16 heavy (non-hydrogen) atoms. The molecule has 1 amide bonds. The summed E-state index contributed by atoms with van der Waals surface area (Å²) in [4.78, 5) is 15.1. The molecule has 0 radical (unpaired) electrons. The first kappa shape index (κ1) is 12.6. The van der Waals surface area contributed by atoms with Crippen LogP contribution in [0.3, 0.4) is 0 Å². The van der Waals surface area contributed by atoms with Gasteiger partial charge in [-0.05, 0) is 19.9 Å². The molecule has 5 nitrogen and oxygen atoms in total. The lowest BCUT2D eigenvalue weighted by molar-refractivity contribution is -0.125. The Labute approximate surface area is 99.2 Å². The van der Waals surface area contributed by atoms with Gasteiger partial charge in [0, 0.05) is 6.54 Å². The first-order valence-electron chi connectivity index (χ1n) is 4.78. The predicted molar refractivity (Wildman–Crippen MR) is 65.1 cm³/mol. The molecule has 1 aromatic rings. The zero-order valence-corrected chi connectivity index (χ0v) is 10.0. The van der Waals surface area contributed by atoms with Crippen LogP contribution in [0.1, 0.15) is 13.8 Å². The predicted octanol–water partition coefficient (Wildman–Crippen LogP) is 1.24. The van der Waals surface area contributed by atoms with Crippen LogP contribution in [0.25, 0.3) is 0 Å². The highest BCUT2D eigenvalue weighted by Gasteiger charge is 2.24. The SMILES string of the molecule is CC(C)(CNc1ncc(N)cc1Cl)C(N)=O. The topological polar surface area (TPSA) is 94.0 Å². The molecule has 0 aliphatic heterocycles. The Morgan fingerprint density at radius 2 is 2.25 bits per heavy atom. The van der Waals surface area contributed by atoms with Gasteiger partial charge in [-0.3, -0.25) is 4.79 Å². The number of carbonyl (C=O) groups excluding carboxylic acids is 1. The molecule has 0 bridgehead atoms. The van der Waals surface area contributed by atoms with Crippen molar-refractivity contribution in [1.82, 2.24) is 4.98 Å². The highest BCUT2D eigenvalue weighted by Crippen LogP contribution is 2.23. The Kier molecular flexibility index (Phi) is 3.59. The third-order valence-electron chi connectivity index (χ3n) is 2.23. The first-order valence-corrected chi connectivity index (χ1v) is 5.15. The third kappa shape index (κ3) is 3.00. The van der Waals surface area contributed by atoms with Crippen molar-refractivity contribution in [2.24, 2.45) is 11.1 Å². The van der Waals surface area contributed by atoms with Gasteiger partial charge >= 0.3 is 0 Å². The highest BCUT2D eigenvalue weighted by molar-refractivity contribution is 6.33. The van der Waals surface area contributed by atoms with Gasteiger partial charge in [-0.25, -0.2) is 4.98 Å². The van der Waals surface area contributed by atoms with E-state index in [-0.39, 0.29) is 5.91 Å². The van der Waals surface area contributed by atoms with Gasteiger partial charge in [0.15, 0.2) is 0 Å². The lowest BCUT2D eigenvalue weighted by Crippen LogP contribution is -2.37. The van der Waals surface area contributed by atoms with Gasteiger partial charge in [0.25, 0.3) is 0 Å². The molecule has 0 saturated heterocycles. The second-order valence-electron chi connectivity index (χ2n) is 4.20. The van der Waals surface area contributed by atoms with Crippen molar-refractivity contribution in [1.29, 1.82) is 0 Å². The van der Waals surface area contributed by atoms with E-state index in [0.29, 0.717) is 23.1 Å². The van der Waals surface area contributed by atoms with Crippen LogP contribution < -0.4 is 16.8 Å². The largest absolute Gasteiger partial charge is 0.397 e. The van der Waals surface area contributed by atoms with Gasteiger partial charge in [0.05, 0.1) is 22.3 Å². The van der Waals surface area contributed by atoms with Crippen LogP contribution in [-0.4, -0.2) is 17.4 Å². The van der Waals surface area contributed by atoms with Gasteiger partial charge < -0.3 is 16.8 Å². The van der Waals surface area contributed by atoms with Gasteiger partial charge in [-0.2, -0.15) is 0 Å². The van der Waals surface area contributed by atoms with Crippen LogP contribution in [0.2, 0.25) is 5.02 Å². The van der Waals surface area contributed by atoms with E-state index in [0.717, 1.165) is 0 Å². The van der Waals surface area contributed by atoms with Crippen molar-refractivity contribution in [3.8, 4) is 0 Å². The molecular weight excluding hydrogens is 228 g/mol. The monoisotopic (exact) mass is 242 g/mol. The molecule has 0 aliphatic rings. The molecule has 0 fully saturated rings. The molecule has 1 aromatic heterocycles. The molecular formula is C10H15ClN4O. The first-order chi connectivity index (χ1) is 7.33. The maximum atomic E-state index is 11.1. The number of aromatic nitrogens is 1. The number of rotatable bonds is 4. The number of anilines is 2. The molecule has 6 heteroatoms. The maximum Gasteiger partial charge on any atom is 0.224 e. The molecule has 0 spiro atoms. The number of nitrogens with zero attached hydrogens (tertiary/aromatic N) is 1. The summed E-state index contributed by atoms with van der Waals surface area (Å²) in [6.45, 7) is 3.85. The minimum Gasteiger partial charge on any atom is -0.397 e. The minimum absolute atomic E-state index is 0.360. The van der Waals surface area contributed by atoms with Crippen molar-refractivity contribution in [3.63, 3.8) is 0 Å². The second kappa shape index (κ2) is 4.57. The summed E-state index contributed by atoms with van der Waals surface area (Å²) in [6.07, 6.45) is 1.49. The summed E-state index contributed by atoms with van der Waals surface area (Å²) in [5.74, 6) is 0.108. The fourth-order valence-electron chi connectivity index (χ4n) is 0.975. The highest BCUT2D eigenvalue weighted by atomic mass is 35.5. The third-order valence-corrected chi connectivity index (χ3v) is 2.52. The standard InChI is InChI=1S/C10H15ClN4O/c1-10(2,9(13)16)5-15-8-7(11)3-6(12)4-14-8/h3-4H,5,12H2,1-2H3,(H2,13,16)(H,14,15). The molecule has 0 saturated carbocycles. The summed E-state index contributed by atoms with van der Waals surface area (Å²) in [7, 11) is 0. The average molecular weight is 243 g/mol. The average Bonchev–Trinajstić information content (AvgIpc) is 2.16. The minimum atomic E-state index is -0.660. The van der Waals surface area contributed by atoms with Crippen molar-refractivity contribution in [3.05, 3.63) is 17.3 Å². The zero-order chi connectivity index (χ0) is 12.3. The fraction of sp³-hybridized carbons (Fsp3) is 0.400. The number of nitrogen functional groups attached to an aromatic ring is 1. The van der Waals surface area contributed by atoms with E-state index in [1.807, 2.05) is 0 Å². The van der Waals surface area contributed by atoms with Gasteiger partial charge in [-0.15, -0.1) is 0 Å². The van der Waals surface area contributed by atoms with Gasteiger partial charge in [0.2, 0.25) is 5.91 Å². The Morgan fingerprint density at radius 3 is 2.75 bits per heavy atom. The molecule has 1 heterocycles. The number of carbonyl (C=O) groups is 1. The van der Waals surface area contributed by atoms with E-state index in [9.17, 15) is 4.79 Å². The van der Waals surface area contributed by atoms with Crippen molar-refractivity contribution in [2.75, 3.05) is 17.6 Å². The van der Waals surface area contributed by atoms with E-state index >= 15 is 0 Å². The van der Waals surface area contributed by atoms with E-state index in [1.54, 1.807) is 19.9 Å². The fourth-order valence-corrected chi connectivity index (χ4v) is 1.22. The lowest BCUT2D eigenvalue weighted by atomic mass is 9.93. The van der Waals surface area contributed by atoms with Crippen LogP contribution >= 0.6 is 11.6 Å². The second-order valence-corrected chi connectivity index (χ2v) is 4.61. The Hall–Kier alpha value is -1.49. The molecule has 88 valence electrons. The van der Waals surface area contributed by atoms with E-state index < -0.39 is 5.41 Å². The molecule has 1 rings (SSSR count). The summed E-state index contributed by atoms with van der Waals surface area (Å²) in [6, 6.07) is 1.59. The van der Waals surface area contributed by atoms with E-state index in [2.05, 4.69) is 10.3 Å². The van der Waals surface area contributed by atoms with Crippen LogP contribution in [0.4, 0.5) is 11.5 Å². The lowest BCUT2D eigenvalue weighted by Gasteiger charge is -2.21. The summed E-state index contributed by atoms with van der Waals surface area (Å²) in [5.41, 5.74) is 10.6. The van der Waals surface area contributed by atoms with Crippen molar-refractivity contribution >= 4 is 29.0 Å². The van der Waals surface area contributed by atoms with Gasteiger partial charge in [-0.1, -0.05) is 11.6 Å². The Bertz CT molecular complexity index is 406. The Balaban J connectivity index is 2.72. The van der Waals surface area contributed by atoms with Crippen molar-refractivity contribution < 1.29 is 4.79 Å². The van der Waals surface area contributed by atoms with Crippen LogP contribution in [0.5, 0.6) is 0 Å². The van der Waals surface area contributed by atoms with Crippen LogP contribution in [0, 0.1) is 5.41 Å². The number of primary amides is 1. The quantitative estimate of drug-likeness (QED) is 0.741. The molecule has 0 unspecified atom stereocenters. The summed E-state index contributed by atoms with van der Waals surface area (Å²) < 4.78 is 0. The number of hydrogen-bond acceptors (Lipinski definition) is 4. The smallest absolute Gasteiger partial charge is 0.224 e. The van der Waals surface area contributed by atoms with Gasteiger partial charge in [0.1, 0.15) is 5.82 Å². The van der Waals surface area contributed by atoms with Crippen LogP contribution in [0.15, 0.2) is 12.3 Å². The number of halogens is 1. The summed E-state index contributed by atoms with van der Waals surface area (Å²) >= 11 is 5.92. The number of pyridine rings is 1. The van der Waals surface area contributed by atoms with Crippen molar-refractivity contribution in [2.45, 2.75) is 13.8 Å². The molecule has 0 aromatic carbocycles. The number of nitrogens with two attached hydrogens (primary N) is 2. The maximum absolute atomic E-state index is 11.1. The number of amides is 1. The molecule has 0 aliphatic carbocycles. The normalized spacial score (nSPS) is 11.2. The molecule has 0 atom stereocenters. The van der Waals surface area contributed by atoms with Crippen LogP contribution in [-0.2, 0) is 4.79 Å². The summed E-state index contributed by atoms with van der Waals surface area (Å²) in [5, 5.41) is 3.38. The number of nitrogens with one attached hydrogen (secondary N) is 1. The van der Waals surface area contributed by atoms with E-state index in [1.165, 1.54) is 6.20 Å². The van der Waals surface area contributed by atoms with E-state index in [4.69, 9.17) is 23.1 Å². The zero-order valence-electron chi connectivity index (χ0n) is 9.25.